The predicted octanol–water partition coefficient (Wildman–Crippen LogP) is 4.72. The van der Waals surface area contributed by atoms with Crippen LogP contribution in [0.15, 0.2) is 55.1 Å². The molecule has 1 aromatic carbocycles. The summed E-state index contributed by atoms with van der Waals surface area (Å²) in [6, 6.07) is 8.28. The molecule has 6 rings (SSSR count). The average molecular weight is 516 g/mol. The highest BCUT2D eigenvalue weighted by atomic mass is 19.1. The Kier molecular flexibility index (Phi) is 5.63. The molecule has 0 saturated heterocycles. The monoisotopic (exact) mass is 515 g/mol. The maximum absolute atomic E-state index is 13.9. The van der Waals surface area contributed by atoms with E-state index in [0.29, 0.717) is 65.1 Å². The molecule has 0 unspecified atom stereocenters. The molecule has 0 fully saturated rings. The van der Waals surface area contributed by atoms with Crippen LogP contribution in [0, 0.1) is 11.6 Å². The Morgan fingerprint density at radius 1 is 0.974 bits per heavy atom. The number of anilines is 1. The Labute approximate surface area is 216 Å². The van der Waals surface area contributed by atoms with Crippen molar-refractivity contribution < 1.29 is 18.6 Å². The van der Waals surface area contributed by atoms with Crippen LogP contribution >= 0.6 is 0 Å². The molecule has 11 heteroatoms. The molecule has 9 nitrogen and oxygen atoms in total. The van der Waals surface area contributed by atoms with Gasteiger partial charge >= 0.3 is 0 Å². The van der Waals surface area contributed by atoms with Gasteiger partial charge in [0.1, 0.15) is 24.0 Å². The number of nitrogens with one attached hydrogen (secondary N) is 1. The van der Waals surface area contributed by atoms with E-state index in [2.05, 4.69) is 25.3 Å². The van der Waals surface area contributed by atoms with Crippen molar-refractivity contribution >= 4 is 17.0 Å². The molecule has 0 aliphatic carbocycles. The minimum atomic E-state index is -0.487. The minimum Gasteiger partial charge on any atom is -0.507 e. The van der Waals surface area contributed by atoms with Gasteiger partial charge in [0.25, 0.3) is 6.01 Å². The molecule has 2 N–H and O–H groups in total. The third-order valence-corrected chi connectivity index (χ3v) is 6.38. The van der Waals surface area contributed by atoms with Crippen LogP contribution in [0.2, 0.25) is 0 Å². The summed E-state index contributed by atoms with van der Waals surface area (Å²) in [7, 11) is 0. The van der Waals surface area contributed by atoms with Gasteiger partial charge < -0.3 is 15.2 Å². The van der Waals surface area contributed by atoms with Crippen molar-refractivity contribution in [1.82, 2.24) is 29.5 Å². The summed E-state index contributed by atoms with van der Waals surface area (Å²) in [5, 5.41) is 13.7. The zero-order chi connectivity index (χ0) is 26.4. The summed E-state index contributed by atoms with van der Waals surface area (Å²) in [6.45, 7) is 4.98. The largest absolute Gasteiger partial charge is 0.507 e. The molecule has 38 heavy (non-hydrogen) atoms. The molecule has 0 amide bonds. The number of benzene rings is 1. The van der Waals surface area contributed by atoms with Crippen LogP contribution in [0.25, 0.3) is 33.7 Å². The number of pyridine rings is 2. The zero-order valence-corrected chi connectivity index (χ0v) is 20.6. The van der Waals surface area contributed by atoms with Crippen LogP contribution < -0.4 is 10.1 Å². The molecule has 4 aromatic heterocycles. The summed E-state index contributed by atoms with van der Waals surface area (Å²) in [4.78, 5) is 21.8. The van der Waals surface area contributed by atoms with Gasteiger partial charge in [-0.05, 0) is 50.1 Å². The van der Waals surface area contributed by atoms with Crippen molar-refractivity contribution in [2.24, 2.45) is 0 Å². The standard InChI is InChI=1S/C27H23F2N7O2/c1-27(2)14-38-26-33-22-24(34-23(35-25(22)36(26)27)17-9-19(29)13-31-11-17)32-6-5-15-3-4-21(37)20(7-15)16-8-18(28)12-30-10-16/h3-4,7-13,37H,5-6,14H2,1-2H3,(H,32,34,35). The number of ether oxygens (including phenoxy) is 1. The van der Waals surface area contributed by atoms with E-state index in [-0.39, 0.29) is 11.3 Å². The molecule has 5 aromatic rings. The van der Waals surface area contributed by atoms with Gasteiger partial charge in [-0.2, -0.15) is 4.98 Å². The Morgan fingerprint density at radius 3 is 2.47 bits per heavy atom. The number of aromatic hydroxyl groups is 1. The second-order valence-corrected chi connectivity index (χ2v) is 9.71. The van der Waals surface area contributed by atoms with Crippen molar-refractivity contribution in [3.05, 3.63) is 72.3 Å². The van der Waals surface area contributed by atoms with Crippen LogP contribution in [0.3, 0.4) is 0 Å². The molecular formula is C27H23F2N7O2. The molecule has 192 valence electrons. The van der Waals surface area contributed by atoms with Crippen LogP contribution in [0.5, 0.6) is 11.8 Å². The lowest BCUT2D eigenvalue weighted by Gasteiger charge is -2.18. The van der Waals surface area contributed by atoms with Gasteiger partial charge in [-0.25, -0.2) is 18.7 Å². The normalized spacial score (nSPS) is 13.9. The lowest BCUT2D eigenvalue weighted by Crippen LogP contribution is -2.25. The third-order valence-electron chi connectivity index (χ3n) is 6.38. The van der Waals surface area contributed by atoms with Crippen molar-refractivity contribution in [2.75, 3.05) is 18.5 Å². The number of hydrogen-bond donors (Lipinski definition) is 2. The Hall–Kier alpha value is -4.67. The van der Waals surface area contributed by atoms with Gasteiger partial charge in [0.05, 0.1) is 17.9 Å². The van der Waals surface area contributed by atoms with Gasteiger partial charge in [0.15, 0.2) is 22.8 Å². The fraction of sp³-hybridized carbons (Fsp3) is 0.222. The molecule has 0 bridgehead atoms. The van der Waals surface area contributed by atoms with E-state index in [1.807, 2.05) is 18.4 Å². The fourth-order valence-electron chi connectivity index (χ4n) is 4.53. The first kappa shape index (κ1) is 23.7. The first-order valence-corrected chi connectivity index (χ1v) is 12.0. The first-order chi connectivity index (χ1) is 18.3. The molecule has 0 radical (unpaired) electrons. The number of fused-ring (bicyclic) bond motifs is 3. The first-order valence-electron chi connectivity index (χ1n) is 12.0. The lowest BCUT2D eigenvalue weighted by atomic mass is 10.0. The van der Waals surface area contributed by atoms with Crippen molar-refractivity contribution in [3.63, 3.8) is 0 Å². The summed E-state index contributed by atoms with van der Waals surface area (Å²) < 4.78 is 35.3. The molecule has 1 aliphatic rings. The van der Waals surface area contributed by atoms with Gasteiger partial charge in [-0.15, -0.1) is 0 Å². The van der Waals surface area contributed by atoms with Gasteiger partial charge in [0, 0.05) is 35.6 Å². The Balaban J connectivity index is 1.33. The summed E-state index contributed by atoms with van der Waals surface area (Å²) >= 11 is 0. The number of phenolic OH excluding ortho intramolecular Hbond substituents is 1. The van der Waals surface area contributed by atoms with Crippen LogP contribution in [0.1, 0.15) is 19.4 Å². The van der Waals surface area contributed by atoms with Crippen LogP contribution in [-0.4, -0.2) is 47.7 Å². The van der Waals surface area contributed by atoms with E-state index in [1.54, 1.807) is 18.2 Å². The highest BCUT2D eigenvalue weighted by Gasteiger charge is 2.36. The van der Waals surface area contributed by atoms with Crippen LogP contribution in [0.4, 0.5) is 14.6 Å². The van der Waals surface area contributed by atoms with Crippen molar-refractivity contribution in [2.45, 2.75) is 25.8 Å². The molecule has 0 saturated carbocycles. The molecule has 0 atom stereocenters. The van der Waals surface area contributed by atoms with Gasteiger partial charge in [-0.1, -0.05) is 6.07 Å². The number of rotatable bonds is 6. The highest BCUT2D eigenvalue weighted by Crippen LogP contribution is 2.37. The molecule has 1 aliphatic heterocycles. The Morgan fingerprint density at radius 2 is 1.71 bits per heavy atom. The van der Waals surface area contributed by atoms with E-state index < -0.39 is 11.6 Å². The van der Waals surface area contributed by atoms with E-state index in [4.69, 9.17) is 9.72 Å². The molecule has 0 spiro atoms. The number of nitrogens with zero attached hydrogens (tertiary/aromatic N) is 6. The quantitative estimate of drug-likeness (QED) is 0.334. The van der Waals surface area contributed by atoms with Gasteiger partial charge in [-0.3, -0.25) is 14.5 Å². The van der Waals surface area contributed by atoms with E-state index in [0.717, 1.165) is 18.0 Å². The number of imidazole rings is 1. The van der Waals surface area contributed by atoms with E-state index in [9.17, 15) is 13.9 Å². The van der Waals surface area contributed by atoms with E-state index in [1.165, 1.54) is 24.5 Å². The molecule has 5 heterocycles. The van der Waals surface area contributed by atoms with E-state index >= 15 is 0 Å². The summed E-state index contributed by atoms with van der Waals surface area (Å²) in [5.41, 5.74) is 3.06. The van der Waals surface area contributed by atoms with Crippen molar-refractivity contribution in [3.8, 4) is 34.3 Å². The van der Waals surface area contributed by atoms with Gasteiger partial charge in [0.2, 0.25) is 0 Å². The zero-order valence-electron chi connectivity index (χ0n) is 20.6. The maximum atomic E-state index is 13.9. The second kappa shape index (κ2) is 9.02. The number of hydrogen-bond acceptors (Lipinski definition) is 8. The number of halogens is 2. The predicted molar refractivity (Wildman–Crippen MR) is 137 cm³/mol. The topological polar surface area (TPSA) is 111 Å². The fourth-order valence-corrected chi connectivity index (χ4v) is 4.53. The number of aromatic nitrogens is 6. The second-order valence-electron chi connectivity index (χ2n) is 9.71. The summed E-state index contributed by atoms with van der Waals surface area (Å²) in [5.74, 6) is -0.147. The Bertz CT molecular complexity index is 1690. The highest BCUT2D eigenvalue weighted by molar-refractivity contribution is 5.86. The smallest absolute Gasteiger partial charge is 0.299 e. The maximum Gasteiger partial charge on any atom is 0.299 e. The third kappa shape index (κ3) is 4.25. The lowest BCUT2D eigenvalue weighted by molar-refractivity contribution is 0.268. The van der Waals surface area contributed by atoms with Crippen LogP contribution in [-0.2, 0) is 12.0 Å². The number of phenols is 1. The minimum absolute atomic E-state index is 0.0371. The SMILES string of the molecule is CC1(C)COc2nc3c(NCCc4ccc(O)c(-c5cncc(F)c5)c4)nc(-c4cncc(F)c4)nc3n21. The average Bonchev–Trinajstić information content (AvgIpc) is 3.42. The summed E-state index contributed by atoms with van der Waals surface area (Å²) in [6.07, 6.45) is 5.82. The van der Waals surface area contributed by atoms with Crippen molar-refractivity contribution in [1.29, 1.82) is 0 Å². The molecular weight excluding hydrogens is 492 g/mol.